The molecule has 0 saturated heterocycles. The van der Waals surface area contributed by atoms with Crippen molar-refractivity contribution in [3.05, 3.63) is 28.4 Å². The number of nitrogens with zero attached hydrogens (tertiary/aromatic N) is 2. The summed E-state index contributed by atoms with van der Waals surface area (Å²) < 4.78 is 1.96. The van der Waals surface area contributed by atoms with Crippen LogP contribution in [0.4, 0.5) is 0 Å². The summed E-state index contributed by atoms with van der Waals surface area (Å²) in [7, 11) is 0. The lowest BCUT2D eigenvalue weighted by Gasteiger charge is -2.37. The molecule has 0 bridgehead atoms. The number of H-pyrrole nitrogens is 1. The van der Waals surface area contributed by atoms with Gasteiger partial charge in [0.1, 0.15) is 0 Å². The lowest BCUT2D eigenvalue weighted by molar-refractivity contribution is 0.152. The Labute approximate surface area is 125 Å². The smallest absolute Gasteiger partial charge is 0.304 e. The monoisotopic (exact) mass is 287 g/mol. The summed E-state index contributed by atoms with van der Waals surface area (Å²) in [5.41, 5.74) is 3.20. The molecule has 0 spiro atoms. The molecule has 2 aromatic heterocycles. The third-order valence-corrected chi connectivity index (χ3v) is 5.03. The molecule has 0 amide bonds. The van der Waals surface area contributed by atoms with Crippen molar-refractivity contribution >= 4 is 11.0 Å². The van der Waals surface area contributed by atoms with Gasteiger partial charge >= 0.3 is 5.69 Å². The van der Waals surface area contributed by atoms with E-state index in [2.05, 4.69) is 30.7 Å². The third kappa shape index (κ3) is 2.63. The van der Waals surface area contributed by atoms with Crippen molar-refractivity contribution in [3.8, 4) is 0 Å². The average Bonchev–Trinajstić information content (AvgIpc) is 2.73. The summed E-state index contributed by atoms with van der Waals surface area (Å²) in [6, 6.07) is 2.34. The maximum absolute atomic E-state index is 12.3. The number of hydrogen-bond acceptors (Lipinski definition) is 2. The lowest BCUT2D eigenvalue weighted by Crippen LogP contribution is -2.30. The first-order chi connectivity index (χ1) is 9.86. The molecule has 1 aliphatic rings. The zero-order valence-corrected chi connectivity index (χ0v) is 13.4. The van der Waals surface area contributed by atoms with Crippen LogP contribution in [-0.2, 0) is 0 Å². The lowest BCUT2D eigenvalue weighted by atomic mass is 9.71. The highest BCUT2D eigenvalue weighted by atomic mass is 16.1. The molecule has 1 fully saturated rings. The fourth-order valence-electron chi connectivity index (χ4n) is 3.69. The van der Waals surface area contributed by atoms with E-state index in [-0.39, 0.29) is 5.69 Å². The number of aromatic nitrogens is 3. The van der Waals surface area contributed by atoms with Crippen LogP contribution in [0.25, 0.3) is 11.0 Å². The van der Waals surface area contributed by atoms with Gasteiger partial charge in [0.15, 0.2) is 0 Å². The van der Waals surface area contributed by atoms with Gasteiger partial charge in [-0.2, -0.15) is 0 Å². The van der Waals surface area contributed by atoms with Crippen LogP contribution >= 0.6 is 0 Å². The number of imidazole rings is 1. The molecule has 0 aromatic carbocycles. The molecule has 0 unspecified atom stereocenters. The molecule has 21 heavy (non-hydrogen) atoms. The summed E-state index contributed by atoms with van der Waals surface area (Å²) in [4.78, 5) is 19.5. The Balaban J connectivity index is 1.91. The predicted octanol–water partition coefficient (Wildman–Crippen LogP) is 3.81. The van der Waals surface area contributed by atoms with Crippen molar-refractivity contribution in [1.29, 1.82) is 0 Å². The first kappa shape index (κ1) is 14.4. The second-order valence-electron chi connectivity index (χ2n) is 7.51. The van der Waals surface area contributed by atoms with Gasteiger partial charge in [0, 0.05) is 11.7 Å². The Hall–Kier alpha value is -1.58. The van der Waals surface area contributed by atoms with Gasteiger partial charge in [-0.05, 0) is 50.0 Å². The molecule has 3 rings (SSSR count). The molecule has 1 N–H and O–H groups in total. The Kier molecular flexibility index (Phi) is 3.42. The van der Waals surface area contributed by atoms with E-state index in [4.69, 9.17) is 0 Å². The summed E-state index contributed by atoms with van der Waals surface area (Å²) in [5.74, 6) is 0.762. The quantitative estimate of drug-likeness (QED) is 0.867. The Bertz CT molecular complexity index is 697. The van der Waals surface area contributed by atoms with E-state index in [1.807, 2.05) is 17.6 Å². The van der Waals surface area contributed by atoms with E-state index < -0.39 is 0 Å². The minimum atomic E-state index is 0.0107. The van der Waals surface area contributed by atoms with Crippen molar-refractivity contribution in [1.82, 2.24) is 14.5 Å². The van der Waals surface area contributed by atoms with Gasteiger partial charge < -0.3 is 4.98 Å². The molecule has 2 aromatic rings. The van der Waals surface area contributed by atoms with Crippen molar-refractivity contribution < 1.29 is 0 Å². The van der Waals surface area contributed by atoms with Crippen molar-refractivity contribution in [2.75, 3.05) is 0 Å². The molecule has 0 radical (unpaired) electrons. The van der Waals surface area contributed by atoms with Gasteiger partial charge in [0.25, 0.3) is 0 Å². The van der Waals surface area contributed by atoms with Crippen LogP contribution in [0.2, 0.25) is 0 Å². The topological polar surface area (TPSA) is 50.7 Å². The molecule has 1 saturated carbocycles. The molecular formula is C17H25N3O. The maximum Gasteiger partial charge on any atom is 0.326 e. The van der Waals surface area contributed by atoms with Gasteiger partial charge in [-0.1, -0.05) is 20.8 Å². The predicted molar refractivity (Wildman–Crippen MR) is 85.5 cm³/mol. The normalized spacial score (nSPS) is 23.6. The van der Waals surface area contributed by atoms with E-state index in [1.165, 1.54) is 12.8 Å². The largest absolute Gasteiger partial charge is 0.326 e. The summed E-state index contributed by atoms with van der Waals surface area (Å²) in [6.45, 7) is 8.94. The molecule has 4 heteroatoms. The zero-order chi connectivity index (χ0) is 15.2. The van der Waals surface area contributed by atoms with E-state index in [0.717, 1.165) is 35.5 Å². The van der Waals surface area contributed by atoms with E-state index in [1.54, 1.807) is 6.20 Å². The minimum Gasteiger partial charge on any atom is -0.304 e. The highest BCUT2D eigenvalue weighted by Crippen LogP contribution is 2.41. The molecule has 0 aliphatic heterocycles. The van der Waals surface area contributed by atoms with Gasteiger partial charge in [0.05, 0.1) is 17.2 Å². The van der Waals surface area contributed by atoms with Crippen LogP contribution in [-0.4, -0.2) is 14.5 Å². The van der Waals surface area contributed by atoms with Gasteiger partial charge in [0.2, 0.25) is 0 Å². The first-order valence-electron chi connectivity index (χ1n) is 7.93. The molecule has 1 aliphatic carbocycles. The van der Waals surface area contributed by atoms with Crippen LogP contribution in [0.3, 0.4) is 0 Å². The number of aromatic amines is 1. The van der Waals surface area contributed by atoms with Crippen LogP contribution in [0.1, 0.15) is 58.2 Å². The first-order valence-corrected chi connectivity index (χ1v) is 7.93. The third-order valence-electron chi connectivity index (χ3n) is 5.03. The maximum atomic E-state index is 12.3. The molecular weight excluding hydrogens is 262 g/mol. The van der Waals surface area contributed by atoms with Crippen LogP contribution < -0.4 is 5.69 Å². The van der Waals surface area contributed by atoms with E-state index in [9.17, 15) is 4.79 Å². The minimum absolute atomic E-state index is 0.0107. The van der Waals surface area contributed by atoms with Gasteiger partial charge in [-0.3, -0.25) is 9.55 Å². The number of nitrogens with one attached hydrogen (secondary N) is 1. The second kappa shape index (κ2) is 5.00. The van der Waals surface area contributed by atoms with Crippen molar-refractivity contribution in [2.24, 2.45) is 11.3 Å². The second-order valence-corrected chi connectivity index (χ2v) is 7.51. The van der Waals surface area contributed by atoms with E-state index >= 15 is 0 Å². The molecule has 2 heterocycles. The number of rotatable bonds is 1. The average molecular weight is 287 g/mol. The summed E-state index contributed by atoms with van der Waals surface area (Å²) in [5, 5.41) is 0. The van der Waals surface area contributed by atoms with Gasteiger partial charge in [-0.15, -0.1) is 0 Å². The summed E-state index contributed by atoms with van der Waals surface area (Å²) in [6.07, 6.45) is 6.37. The van der Waals surface area contributed by atoms with Crippen LogP contribution in [0.5, 0.6) is 0 Å². The number of aryl methyl sites for hydroxylation is 1. The van der Waals surface area contributed by atoms with Crippen LogP contribution in [0, 0.1) is 18.3 Å². The fraction of sp³-hybridized carbons (Fsp3) is 0.647. The standard InChI is InChI=1S/C17H25N3O/c1-11-9-15-14(10-18-11)19-16(21)20(15)13-7-5-12(6-8-13)17(2,3)4/h9-10,12-13H,5-8H2,1-4H3,(H,19,21). The highest BCUT2D eigenvalue weighted by molar-refractivity contribution is 5.74. The number of fused-ring (bicyclic) bond motifs is 1. The fourth-order valence-corrected chi connectivity index (χ4v) is 3.69. The van der Waals surface area contributed by atoms with Crippen molar-refractivity contribution in [3.63, 3.8) is 0 Å². The van der Waals surface area contributed by atoms with Crippen molar-refractivity contribution in [2.45, 2.75) is 59.4 Å². The number of pyridine rings is 1. The van der Waals surface area contributed by atoms with E-state index in [0.29, 0.717) is 11.5 Å². The Morgan fingerprint density at radius 1 is 1.24 bits per heavy atom. The van der Waals surface area contributed by atoms with Gasteiger partial charge in [-0.25, -0.2) is 4.79 Å². The highest BCUT2D eigenvalue weighted by Gasteiger charge is 2.31. The number of hydrogen-bond donors (Lipinski definition) is 1. The SMILES string of the molecule is Cc1cc2c(cn1)[nH]c(=O)n2C1CCC(C(C)(C)C)CC1. The Morgan fingerprint density at radius 3 is 2.52 bits per heavy atom. The molecule has 0 atom stereocenters. The molecule has 4 nitrogen and oxygen atoms in total. The molecule has 114 valence electrons. The summed E-state index contributed by atoms with van der Waals surface area (Å²) >= 11 is 0. The van der Waals surface area contributed by atoms with Crippen LogP contribution in [0.15, 0.2) is 17.1 Å². The Morgan fingerprint density at radius 2 is 1.90 bits per heavy atom. The zero-order valence-electron chi connectivity index (χ0n) is 13.4.